The van der Waals surface area contributed by atoms with Crippen molar-refractivity contribution in [1.82, 2.24) is 4.98 Å². The summed E-state index contributed by atoms with van der Waals surface area (Å²) in [6, 6.07) is 6.58. The lowest BCUT2D eigenvalue weighted by Gasteiger charge is -2.13. The molecule has 0 saturated carbocycles. The lowest BCUT2D eigenvalue weighted by Crippen LogP contribution is -2.12. The predicted molar refractivity (Wildman–Crippen MR) is 67.7 cm³/mol. The lowest BCUT2D eigenvalue weighted by atomic mass is 10.1. The van der Waals surface area contributed by atoms with E-state index in [0.717, 1.165) is 6.07 Å². The summed E-state index contributed by atoms with van der Waals surface area (Å²) in [6.07, 6.45) is -3.18. The number of nitrogens with one attached hydrogen (secondary N) is 1. The summed E-state index contributed by atoms with van der Waals surface area (Å²) in [7, 11) is 0. The zero-order chi connectivity index (χ0) is 14.8. The molecule has 0 aliphatic carbocycles. The van der Waals surface area contributed by atoms with Crippen molar-refractivity contribution in [3.05, 3.63) is 59.0 Å². The standard InChI is InChI=1S/C14H12F4N2/c1-9-7-10(4-5-12(9)15)8-20-13-11(14(16,17)18)3-2-6-19-13/h2-7H,8H2,1H3,(H,19,20). The van der Waals surface area contributed by atoms with Crippen molar-refractivity contribution in [2.45, 2.75) is 19.6 Å². The van der Waals surface area contributed by atoms with Crippen LogP contribution in [0, 0.1) is 12.7 Å². The predicted octanol–water partition coefficient (Wildman–Crippen LogP) is 4.16. The molecule has 0 saturated heterocycles. The number of hydrogen-bond donors (Lipinski definition) is 1. The van der Waals surface area contributed by atoms with E-state index in [9.17, 15) is 17.6 Å². The Bertz CT molecular complexity index is 608. The average Bonchev–Trinajstić information content (AvgIpc) is 2.39. The Morgan fingerprint density at radius 1 is 1.20 bits per heavy atom. The van der Waals surface area contributed by atoms with Crippen molar-refractivity contribution in [2.24, 2.45) is 0 Å². The van der Waals surface area contributed by atoms with Gasteiger partial charge in [0.1, 0.15) is 11.6 Å². The lowest BCUT2D eigenvalue weighted by molar-refractivity contribution is -0.137. The van der Waals surface area contributed by atoms with Crippen LogP contribution in [-0.2, 0) is 12.7 Å². The van der Waals surface area contributed by atoms with Crippen LogP contribution in [0.2, 0.25) is 0 Å². The van der Waals surface area contributed by atoms with E-state index in [-0.39, 0.29) is 18.2 Å². The van der Waals surface area contributed by atoms with Gasteiger partial charge in [-0.1, -0.05) is 12.1 Å². The molecular formula is C14H12F4N2. The van der Waals surface area contributed by atoms with E-state index in [4.69, 9.17) is 0 Å². The Labute approximate surface area is 113 Å². The van der Waals surface area contributed by atoms with Gasteiger partial charge < -0.3 is 5.32 Å². The van der Waals surface area contributed by atoms with Crippen LogP contribution in [0.1, 0.15) is 16.7 Å². The van der Waals surface area contributed by atoms with Gasteiger partial charge in [0.05, 0.1) is 5.56 Å². The van der Waals surface area contributed by atoms with E-state index < -0.39 is 11.7 Å². The maximum absolute atomic E-state index is 13.1. The summed E-state index contributed by atoms with van der Waals surface area (Å²) in [6.45, 7) is 1.74. The van der Waals surface area contributed by atoms with E-state index in [1.54, 1.807) is 13.0 Å². The van der Waals surface area contributed by atoms with Gasteiger partial charge in [-0.3, -0.25) is 0 Å². The Balaban J connectivity index is 2.17. The third-order valence-corrected chi connectivity index (χ3v) is 2.80. The van der Waals surface area contributed by atoms with Crippen molar-refractivity contribution in [3.63, 3.8) is 0 Å². The SMILES string of the molecule is Cc1cc(CNc2ncccc2C(F)(F)F)ccc1F. The third-order valence-electron chi connectivity index (χ3n) is 2.80. The van der Waals surface area contributed by atoms with Gasteiger partial charge in [0.25, 0.3) is 0 Å². The van der Waals surface area contributed by atoms with Gasteiger partial charge in [-0.2, -0.15) is 13.2 Å². The minimum atomic E-state index is -4.46. The second-order valence-electron chi connectivity index (χ2n) is 4.33. The molecule has 0 aliphatic rings. The Hall–Kier alpha value is -2.11. The molecule has 0 bridgehead atoms. The third kappa shape index (κ3) is 3.26. The zero-order valence-electron chi connectivity index (χ0n) is 10.6. The molecule has 0 spiro atoms. The molecule has 1 N–H and O–H groups in total. The van der Waals surface area contributed by atoms with Gasteiger partial charge in [0, 0.05) is 12.7 Å². The van der Waals surface area contributed by atoms with Gasteiger partial charge in [-0.25, -0.2) is 9.37 Å². The molecule has 0 amide bonds. The molecule has 2 aromatic rings. The van der Waals surface area contributed by atoms with E-state index in [1.807, 2.05) is 0 Å². The number of nitrogens with zero attached hydrogens (tertiary/aromatic N) is 1. The highest BCUT2D eigenvalue weighted by Gasteiger charge is 2.33. The molecule has 2 rings (SSSR count). The molecule has 1 aromatic carbocycles. The Morgan fingerprint density at radius 2 is 1.95 bits per heavy atom. The zero-order valence-corrected chi connectivity index (χ0v) is 10.6. The van der Waals surface area contributed by atoms with Gasteiger partial charge in [-0.15, -0.1) is 0 Å². The van der Waals surface area contributed by atoms with Crippen molar-refractivity contribution in [2.75, 3.05) is 5.32 Å². The van der Waals surface area contributed by atoms with Crippen LogP contribution in [0.25, 0.3) is 0 Å². The minimum absolute atomic E-state index is 0.140. The number of pyridine rings is 1. The number of aryl methyl sites for hydroxylation is 1. The first-order valence-corrected chi connectivity index (χ1v) is 5.89. The van der Waals surface area contributed by atoms with Crippen LogP contribution in [-0.4, -0.2) is 4.98 Å². The average molecular weight is 284 g/mol. The van der Waals surface area contributed by atoms with Crippen molar-refractivity contribution in [1.29, 1.82) is 0 Å². The molecule has 6 heteroatoms. The van der Waals surface area contributed by atoms with Gasteiger partial charge in [0.2, 0.25) is 0 Å². The number of halogens is 4. The quantitative estimate of drug-likeness (QED) is 0.856. The molecule has 20 heavy (non-hydrogen) atoms. The van der Waals surface area contributed by atoms with Gasteiger partial charge in [-0.05, 0) is 36.2 Å². The summed E-state index contributed by atoms with van der Waals surface area (Å²) in [5, 5.41) is 2.63. The van der Waals surface area contributed by atoms with Crippen LogP contribution in [0.15, 0.2) is 36.5 Å². The van der Waals surface area contributed by atoms with Crippen molar-refractivity contribution in [3.8, 4) is 0 Å². The molecule has 2 nitrogen and oxygen atoms in total. The van der Waals surface area contributed by atoms with Crippen LogP contribution in [0.5, 0.6) is 0 Å². The Kier molecular flexibility index (Phi) is 3.92. The van der Waals surface area contributed by atoms with Gasteiger partial charge >= 0.3 is 6.18 Å². The summed E-state index contributed by atoms with van der Waals surface area (Å²) in [4.78, 5) is 3.70. The summed E-state index contributed by atoms with van der Waals surface area (Å²) in [5.74, 6) is -0.579. The number of rotatable bonds is 3. The van der Waals surface area contributed by atoms with Crippen LogP contribution in [0.4, 0.5) is 23.4 Å². The first-order valence-electron chi connectivity index (χ1n) is 5.89. The number of aromatic nitrogens is 1. The monoisotopic (exact) mass is 284 g/mol. The van der Waals surface area contributed by atoms with Crippen LogP contribution < -0.4 is 5.32 Å². The number of benzene rings is 1. The second-order valence-corrected chi connectivity index (χ2v) is 4.33. The molecular weight excluding hydrogens is 272 g/mol. The summed E-state index contributed by atoms with van der Waals surface area (Å²) in [5.41, 5.74) is 0.308. The minimum Gasteiger partial charge on any atom is -0.365 e. The highest BCUT2D eigenvalue weighted by Crippen LogP contribution is 2.33. The molecule has 0 unspecified atom stereocenters. The normalized spacial score (nSPS) is 11.4. The Morgan fingerprint density at radius 3 is 2.60 bits per heavy atom. The first kappa shape index (κ1) is 14.3. The largest absolute Gasteiger partial charge is 0.419 e. The van der Waals surface area contributed by atoms with E-state index in [0.29, 0.717) is 11.1 Å². The summed E-state index contributed by atoms with van der Waals surface area (Å²) >= 11 is 0. The van der Waals surface area contributed by atoms with E-state index >= 15 is 0 Å². The van der Waals surface area contributed by atoms with Crippen molar-refractivity contribution >= 4 is 5.82 Å². The molecule has 0 fully saturated rings. The van der Waals surface area contributed by atoms with E-state index in [2.05, 4.69) is 10.3 Å². The highest BCUT2D eigenvalue weighted by atomic mass is 19.4. The number of alkyl halides is 3. The van der Waals surface area contributed by atoms with Crippen LogP contribution >= 0.6 is 0 Å². The fourth-order valence-electron chi connectivity index (χ4n) is 1.78. The highest BCUT2D eigenvalue weighted by molar-refractivity contribution is 5.46. The van der Waals surface area contributed by atoms with E-state index in [1.165, 1.54) is 24.4 Å². The second kappa shape index (κ2) is 5.48. The first-order chi connectivity index (χ1) is 9.38. The topological polar surface area (TPSA) is 24.9 Å². The maximum atomic E-state index is 13.1. The maximum Gasteiger partial charge on any atom is 0.419 e. The van der Waals surface area contributed by atoms with Gasteiger partial charge in [0.15, 0.2) is 0 Å². The molecule has 0 radical (unpaired) electrons. The number of anilines is 1. The summed E-state index contributed by atoms with van der Waals surface area (Å²) < 4.78 is 51.4. The smallest absolute Gasteiger partial charge is 0.365 e. The fourth-order valence-corrected chi connectivity index (χ4v) is 1.78. The van der Waals surface area contributed by atoms with Crippen LogP contribution in [0.3, 0.4) is 0 Å². The number of hydrogen-bond acceptors (Lipinski definition) is 2. The molecule has 1 aromatic heterocycles. The van der Waals surface area contributed by atoms with Crippen molar-refractivity contribution < 1.29 is 17.6 Å². The molecule has 0 atom stereocenters. The molecule has 0 aliphatic heterocycles. The molecule has 106 valence electrons. The fraction of sp³-hybridized carbons (Fsp3) is 0.214. The molecule has 1 heterocycles.